The second-order valence-corrected chi connectivity index (χ2v) is 4.96. The van der Waals surface area contributed by atoms with Crippen LogP contribution in [-0.2, 0) is 11.3 Å². The Morgan fingerprint density at radius 2 is 2.00 bits per heavy atom. The van der Waals surface area contributed by atoms with Crippen LogP contribution in [0.5, 0.6) is 0 Å². The van der Waals surface area contributed by atoms with Crippen LogP contribution < -0.4 is 0 Å². The fourth-order valence-corrected chi connectivity index (χ4v) is 2.55. The minimum absolute atomic E-state index is 0.142. The number of hydrogen-bond donors (Lipinski definition) is 0. The van der Waals surface area contributed by atoms with Crippen molar-refractivity contribution in [2.45, 2.75) is 6.54 Å². The lowest BCUT2D eigenvalue weighted by Crippen LogP contribution is -2.38. The fourth-order valence-electron chi connectivity index (χ4n) is 2.55. The van der Waals surface area contributed by atoms with E-state index >= 15 is 0 Å². The quantitative estimate of drug-likeness (QED) is 0.631. The largest absolute Gasteiger partial charge is 0.379 e. The van der Waals surface area contributed by atoms with Crippen molar-refractivity contribution in [3.05, 3.63) is 40.6 Å². The summed E-state index contributed by atoms with van der Waals surface area (Å²) in [6, 6.07) is 7.00. The minimum atomic E-state index is -0.348. The molecule has 2 heterocycles. The van der Waals surface area contributed by atoms with Crippen molar-refractivity contribution in [2.75, 3.05) is 32.8 Å². The first-order valence-electron chi connectivity index (χ1n) is 6.77. The maximum absolute atomic E-state index is 10.9. The highest BCUT2D eigenvalue weighted by atomic mass is 16.6. The van der Waals surface area contributed by atoms with E-state index in [1.807, 2.05) is 12.3 Å². The van der Waals surface area contributed by atoms with E-state index in [1.165, 1.54) is 0 Å². The monoisotopic (exact) mass is 275 g/mol. The van der Waals surface area contributed by atoms with E-state index in [4.69, 9.17) is 4.74 Å². The molecule has 3 rings (SSSR count). The van der Waals surface area contributed by atoms with Crippen LogP contribution in [0.25, 0.3) is 10.9 Å². The van der Waals surface area contributed by atoms with Crippen LogP contribution in [0.1, 0.15) is 0 Å². The summed E-state index contributed by atoms with van der Waals surface area (Å²) in [5.41, 5.74) is 1.07. The van der Waals surface area contributed by atoms with Crippen molar-refractivity contribution >= 4 is 16.6 Å². The van der Waals surface area contributed by atoms with Gasteiger partial charge in [0.15, 0.2) is 0 Å². The average Bonchev–Trinajstić information content (AvgIpc) is 2.88. The molecule has 1 aliphatic rings. The third kappa shape index (κ3) is 2.66. The van der Waals surface area contributed by atoms with Crippen molar-refractivity contribution in [1.82, 2.24) is 9.47 Å². The van der Waals surface area contributed by atoms with Crippen molar-refractivity contribution < 1.29 is 9.66 Å². The van der Waals surface area contributed by atoms with Crippen LogP contribution in [0, 0.1) is 10.1 Å². The summed E-state index contributed by atoms with van der Waals surface area (Å²) in [5, 5.41) is 11.9. The van der Waals surface area contributed by atoms with Gasteiger partial charge in [0.2, 0.25) is 0 Å². The molecule has 6 nitrogen and oxygen atoms in total. The highest BCUT2D eigenvalue weighted by molar-refractivity contribution is 5.82. The van der Waals surface area contributed by atoms with Crippen LogP contribution in [-0.4, -0.2) is 47.2 Å². The van der Waals surface area contributed by atoms with E-state index in [9.17, 15) is 10.1 Å². The molecule has 20 heavy (non-hydrogen) atoms. The number of rotatable bonds is 4. The van der Waals surface area contributed by atoms with Crippen LogP contribution in [0.15, 0.2) is 30.5 Å². The number of nitrogens with zero attached hydrogens (tertiary/aromatic N) is 3. The third-order valence-electron chi connectivity index (χ3n) is 3.73. The number of ether oxygens (including phenoxy) is 1. The number of non-ortho nitro benzene ring substituents is 1. The van der Waals surface area contributed by atoms with E-state index in [-0.39, 0.29) is 10.6 Å². The summed E-state index contributed by atoms with van der Waals surface area (Å²) in [6.45, 7) is 5.27. The molecule has 1 aromatic heterocycles. The van der Waals surface area contributed by atoms with Gasteiger partial charge in [0.25, 0.3) is 5.69 Å². The summed E-state index contributed by atoms with van der Waals surface area (Å²) in [4.78, 5) is 12.9. The van der Waals surface area contributed by atoms with Crippen LogP contribution >= 0.6 is 0 Å². The Morgan fingerprint density at radius 1 is 1.20 bits per heavy atom. The van der Waals surface area contributed by atoms with Gasteiger partial charge in [0, 0.05) is 49.9 Å². The lowest BCUT2D eigenvalue weighted by atomic mass is 10.2. The first kappa shape index (κ1) is 13.1. The van der Waals surface area contributed by atoms with Crippen molar-refractivity contribution in [3.8, 4) is 0 Å². The van der Waals surface area contributed by atoms with Gasteiger partial charge in [0.1, 0.15) is 0 Å². The van der Waals surface area contributed by atoms with E-state index in [1.54, 1.807) is 18.2 Å². The highest BCUT2D eigenvalue weighted by Crippen LogP contribution is 2.22. The Hall–Kier alpha value is -1.92. The van der Waals surface area contributed by atoms with Crippen molar-refractivity contribution in [3.63, 3.8) is 0 Å². The molecule has 106 valence electrons. The summed E-state index contributed by atoms with van der Waals surface area (Å²) in [7, 11) is 0. The van der Waals surface area contributed by atoms with Crippen LogP contribution in [0.4, 0.5) is 5.69 Å². The molecule has 1 aromatic carbocycles. The predicted molar refractivity (Wildman–Crippen MR) is 75.9 cm³/mol. The Labute approximate surface area is 116 Å². The van der Waals surface area contributed by atoms with Gasteiger partial charge >= 0.3 is 0 Å². The Balaban J connectivity index is 1.76. The van der Waals surface area contributed by atoms with Gasteiger partial charge in [-0.25, -0.2) is 0 Å². The van der Waals surface area contributed by atoms with Gasteiger partial charge in [0.05, 0.1) is 23.7 Å². The zero-order valence-corrected chi connectivity index (χ0v) is 11.2. The summed E-state index contributed by atoms with van der Waals surface area (Å²) < 4.78 is 7.41. The number of hydrogen-bond acceptors (Lipinski definition) is 4. The normalized spacial score (nSPS) is 16.6. The second kappa shape index (κ2) is 5.60. The van der Waals surface area contributed by atoms with Crippen molar-refractivity contribution in [2.24, 2.45) is 0 Å². The second-order valence-electron chi connectivity index (χ2n) is 4.96. The fraction of sp³-hybridized carbons (Fsp3) is 0.429. The lowest BCUT2D eigenvalue weighted by molar-refractivity contribution is -0.384. The van der Waals surface area contributed by atoms with Crippen LogP contribution in [0.2, 0.25) is 0 Å². The van der Waals surface area contributed by atoms with Crippen LogP contribution in [0.3, 0.4) is 0 Å². The molecule has 0 radical (unpaired) electrons. The van der Waals surface area contributed by atoms with Gasteiger partial charge in [-0.05, 0) is 12.1 Å². The zero-order valence-electron chi connectivity index (χ0n) is 11.2. The lowest BCUT2D eigenvalue weighted by Gasteiger charge is -2.26. The number of fused-ring (bicyclic) bond motifs is 1. The molecule has 1 fully saturated rings. The van der Waals surface area contributed by atoms with Gasteiger partial charge in [-0.1, -0.05) is 0 Å². The molecule has 1 saturated heterocycles. The molecule has 0 N–H and O–H groups in total. The molecule has 6 heteroatoms. The SMILES string of the molecule is O=[N+]([O-])c1ccc2ccn(CCN3CCOCC3)c2c1. The van der Waals surface area contributed by atoms with Gasteiger partial charge in [-0.3, -0.25) is 15.0 Å². The number of nitro groups is 1. The Morgan fingerprint density at radius 3 is 2.75 bits per heavy atom. The maximum atomic E-state index is 10.9. The summed E-state index contributed by atoms with van der Waals surface area (Å²) >= 11 is 0. The molecular formula is C14H17N3O3. The predicted octanol–water partition coefficient (Wildman–Crippen LogP) is 1.88. The van der Waals surface area contributed by atoms with Crippen molar-refractivity contribution in [1.29, 1.82) is 0 Å². The summed E-state index contributed by atoms with van der Waals surface area (Å²) in [6.07, 6.45) is 1.99. The molecule has 0 atom stereocenters. The standard InChI is InChI=1S/C14H17N3O3/c18-17(19)13-2-1-12-3-4-16(14(12)11-13)6-5-15-7-9-20-10-8-15/h1-4,11H,5-10H2. The number of aromatic nitrogens is 1. The molecule has 2 aromatic rings. The highest BCUT2D eigenvalue weighted by Gasteiger charge is 2.12. The molecular weight excluding hydrogens is 258 g/mol. The molecule has 1 aliphatic heterocycles. The molecule has 0 amide bonds. The first-order chi connectivity index (χ1) is 9.74. The Kier molecular flexibility index (Phi) is 3.66. The minimum Gasteiger partial charge on any atom is -0.379 e. The smallest absolute Gasteiger partial charge is 0.271 e. The van der Waals surface area contributed by atoms with E-state index in [2.05, 4.69) is 9.47 Å². The molecule has 0 bridgehead atoms. The first-order valence-corrected chi connectivity index (χ1v) is 6.77. The molecule has 0 aliphatic carbocycles. The molecule has 0 unspecified atom stereocenters. The molecule has 0 spiro atoms. The van der Waals surface area contributed by atoms with E-state index < -0.39 is 0 Å². The van der Waals surface area contributed by atoms with Gasteiger partial charge in [-0.2, -0.15) is 0 Å². The van der Waals surface area contributed by atoms with Gasteiger partial charge in [-0.15, -0.1) is 0 Å². The number of morpholine rings is 1. The van der Waals surface area contributed by atoms with E-state index in [0.29, 0.717) is 0 Å². The number of benzene rings is 1. The average molecular weight is 275 g/mol. The Bertz CT molecular complexity index is 617. The maximum Gasteiger partial charge on any atom is 0.271 e. The third-order valence-corrected chi connectivity index (χ3v) is 3.73. The number of nitro benzene ring substituents is 1. The van der Waals surface area contributed by atoms with Gasteiger partial charge < -0.3 is 9.30 Å². The molecule has 0 saturated carbocycles. The van der Waals surface area contributed by atoms with E-state index in [0.717, 1.165) is 50.3 Å². The zero-order chi connectivity index (χ0) is 13.9. The topological polar surface area (TPSA) is 60.5 Å². The summed E-state index contributed by atoms with van der Waals surface area (Å²) in [5.74, 6) is 0.